The van der Waals surface area contributed by atoms with Crippen LogP contribution in [0.25, 0.3) is 0 Å². The van der Waals surface area contributed by atoms with Crippen molar-refractivity contribution in [2.24, 2.45) is 0 Å². The number of ether oxygens (including phenoxy) is 1. The largest absolute Gasteiger partial charge is 0.462 e. The molecule has 7 nitrogen and oxygen atoms in total. The molecule has 1 rings (SSSR count). The summed E-state index contributed by atoms with van der Waals surface area (Å²) in [7, 11) is 5.78. The zero-order valence-electron chi connectivity index (χ0n) is 12.5. The van der Waals surface area contributed by atoms with Crippen LogP contribution < -0.4 is 15.0 Å². The fourth-order valence-electron chi connectivity index (χ4n) is 1.49. The van der Waals surface area contributed by atoms with Gasteiger partial charge in [0.05, 0.1) is 0 Å². The second-order valence-corrected chi connectivity index (χ2v) is 4.32. The molecule has 0 amide bonds. The Balaban J connectivity index is 2.82. The summed E-state index contributed by atoms with van der Waals surface area (Å²) in [5.41, 5.74) is 0. The van der Waals surface area contributed by atoms with E-state index in [1.54, 1.807) is 7.05 Å². The van der Waals surface area contributed by atoms with Gasteiger partial charge in [0.1, 0.15) is 6.61 Å². The van der Waals surface area contributed by atoms with Crippen LogP contribution in [0, 0.1) is 0 Å². The third kappa shape index (κ3) is 4.86. The van der Waals surface area contributed by atoms with Gasteiger partial charge in [-0.25, -0.2) is 0 Å². The third-order valence-electron chi connectivity index (χ3n) is 2.64. The highest BCUT2D eigenvalue weighted by atomic mass is 16.5. The topological polar surface area (TPSA) is 66.4 Å². The SMILES string of the molecule is CCN(CC)c1nc(NC)nc(OCCN(C)C)n1. The molecule has 0 unspecified atom stereocenters. The van der Waals surface area contributed by atoms with Gasteiger partial charge in [0.25, 0.3) is 0 Å². The Hall–Kier alpha value is -1.63. The van der Waals surface area contributed by atoms with Crippen molar-refractivity contribution < 1.29 is 4.74 Å². The third-order valence-corrected chi connectivity index (χ3v) is 2.64. The molecule has 1 heterocycles. The van der Waals surface area contributed by atoms with Crippen molar-refractivity contribution in [1.29, 1.82) is 0 Å². The number of anilines is 2. The van der Waals surface area contributed by atoms with Gasteiger partial charge in [-0.2, -0.15) is 15.0 Å². The lowest BCUT2D eigenvalue weighted by atomic mass is 10.5. The standard InChI is InChI=1S/C12H24N6O/c1-6-18(7-2)11-14-10(13-3)15-12(16-11)19-9-8-17(4)5/h6-9H2,1-5H3,(H,13,14,15,16). The van der Waals surface area contributed by atoms with Gasteiger partial charge in [0.2, 0.25) is 11.9 Å². The Labute approximate surface area is 115 Å². The summed E-state index contributed by atoms with van der Waals surface area (Å²) in [5.74, 6) is 1.17. The Morgan fingerprint density at radius 2 is 1.79 bits per heavy atom. The highest BCUT2D eigenvalue weighted by Gasteiger charge is 2.11. The van der Waals surface area contributed by atoms with Gasteiger partial charge in [-0.3, -0.25) is 0 Å². The van der Waals surface area contributed by atoms with Crippen molar-refractivity contribution in [2.45, 2.75) is 13.8 Å². The molecule has 1 N–H and O–H groups in total. The summed E-state index contributed by atoms with van der Waals surface area (Å²) < 4.78 is 5.57. The summed E-state index contributed by atoms with van der Waals surface area (Å²) in [6, 6.07) is 0.364. The van der Waals surface area contributed by atoms with E-state index in [0.717, 1.165) is 19.6 Å². The number of aromatic nitrogens is 3. The zero-order valence-corrected chi connectivity index (χ0v) is 12.5. The molecule has 0 fully saturated rings. The first-order chi connectivity index (χ1) is 9.10. The summed E-state index contributed by atoms with van der Waals surface area (Å²) >= 11 is 0. The molecule has 0 saturated carbocycles. The molecule has 0 saturated heterocycles. The molecule has 108 valence electrons. The van der Waals surface area contributed by atoms with Crippen LogP contribution in [0.2, 0.25) is 0 Å². The minimum absolute atomic E-state index is 0.364. The van der Waals surface area contributed by atoms with Crippen molar-refractivity contribution in [2.75, 3.05) is 57.6 Å². The fourth-order valence-corrected chi connectivity index (χ4v) is 1.49. The number of rotatable bonds is 8. The van der Waals surface area contributed by atoms with Crippen molar-refractivity contribution in [3.05, 3.63) is 0 Å². The minimum Gasteiger partial charge on any atom is -0.462 e. The van der Waals surface area contributed by atoms with E-state index < -0.39 is 0 Å². The van der Waals surface area contributed by atoms with Crippen LogP contribution in [-0.4, -0.2) is 67.2 Å². The van der Waals surface area contributed by atoms with Gasteiger partial charge in [0, 0.05) is 26.7 Å². The van der Waals surface area contributed by atoms with Crippen LogP contribution in [0.3, 0.4) is 0 Å². The fraction of sp³-hybridized carbons (Fsp3) is 0.750. The maximum Gasteiger partial charge on any atom is 0.323 e. The highest BCUT2D eigenvalue weighted by Crippen LogP contribution is 2.14. The number of nitrogens with one attached hydrogen (secondary N) is 1. The molecule has 0 aliphatic rings. The molecule has 0 aliphatic heterocycles. The Morgan fingerprint density at radius 3 is 2.32 bits per heavy atom. The van der Waals surface area contributed by atoms with E-state index in [-0.39, 0.29) is 0 Å². The molecule has 0 spiro atoms. The first-order valence-corrected chi connectivity index (χ1v) is 6.57. The predicted octanol–water partition coefficient (Wildman–Crippen LogP) is 0.700. The van der Waals surface area contributed by atoms with E-state index in [2.05, 4.69) is 39.0 Å². The van der Waals surface area contributed by atoms with Crippen LogP contribution in [0.1, 0.15) is 13.8 Å². The summed E-state index contributed by atoms with van der Waals surface area (Å²) in [6.45, 7) is 7.21. The maximum atomic E-state index is 5.57. The summed E-state index contributed by atoms with van der Waals surface area (Å²) in [6.07, 6.45) is 0. The molecule has 0 aliphatic carbocycles. The van der Waals surface area contributed by atoms with E-state index in [9.17, 15) is 0 Å². The van der Waals surface area contributed by atoms with Gasteiger partial charge in [-0.1, -0.05) is 0 Å². The quantitative estimate of drug-likeness (QED) is 0.744. The van der Waals surface area contributed by atoms with Crippen LogP contribution in [0.5, 0.6) is 6.01 Å². The van der Waals surface area contributed by atoms with Crippen molar-refractivity contribution in [3.8, 4) is 6.01 Å². The van der Waals surface area contributed by atoms with Gasteiger partial charge in [0.15, 0.2) is 0 Å². The van der Waals surface area contributed by atoms with E-state index >= 15 is 0 Å². The Morgan fingerprint density at radius 1 is 1.11 bits per heavy atom. The molecule has 19 heavy (non-hydrogen) atoms. The average Bonchev–Trinajstić information content (AvgIpc) is 2.39. The van der Waals surface area contributed by atoms with Gasteiger partial charge in [-0.05, 0) is 27.9 Å². The summed E-state index contributed by atoms with van der Waals surface area (Å²) in [5, 5.41) is 2.93. The predicted molar refractivity (Wildman–Crippen MR) is 77.0 cm³/mol. The van der Waals surface area contributed by atoms with Crippen LogP contribution in [0.4, 0.5) is 11.9 Å². The molecule has 7 heteroatoms. The lowest BCUT2D eigenvalue weighted by Gasteiger charge is -2.19. The van der Waals surface area contributed by atoms with Crippen LogP contribution >= 0.6 is 0 Å². The molecule has 1 aromatic heterocycles. The number of likely N-dealkylation sites (N-methyl/N-ethyl adjacent to an activating group) is 1. The Bertz CT molecular complexity index is 380. The molecule has 0 bridgehead atoms. The number of nitrogens with zero attached hydrogens (tertiary/aromatic N) is 5. The molecule has 0 radical (unpaired) electrons. The monoisotopic (exact) mass is 268 g/mol. The second kappa shape index (κ2) is 7.73. The molecule has 0 aromatic carbocycles. The van der Waals surface area contributed by atoms with E-state index in [1.807, 2.05) is 19.0 Å². The van der Waals surface area contributed by atoms with Crippen LogP contribution in [0.15, 0.2) is 0 Å². The molecule has 0 atom stereocenters. The molecule has 1 aromatic rings. The Kier molecular flexibility index (Phi) is 6.27. The average molecular weight is 268 g/mol. The second-order valence-electron chi connectivity index (χ2n) is 4.32. The normalized spacial score (nSPS) is 10.6. The van der Waals surface area contributed by atoms with Gasteiger partial charge >= 0.3 is 6.01 Å². The van der Waals surface area contributed by atoms with Gasteiger partial charge in [-0.15, -0.1) is 0 Å². The highest BCUT2D eigenvalue weighted by molar-refractivity contribution is 5.37. The van der Waals surface area contributed by atoms with Gasteiger partial charge < -0.3 is 19.9 Å². The smallest absolute Gasteiger partial charge is 0.323 e. The van der Waals surface area contributed by atoms with E-state index in [1.165, 1.54) is 0 Å². The number of hydrogen-bond acceptors (Lipinski definition) is 7. The van der Waals surface area contributed by atoms with E-state index in [0.29, 0.717) is 24.5 Å². The lowest BCUT2D eigenvalue weighted by molar-refractivity contribution is 0.245. The lowest BCUT2D eigenvalue weighted by Crippen LogP contribution is -2.25. The first kappa shape index (κ1) is 15.4. The van der Waals surface area contributed by atoms with Crippen LogP contribution in [-0.2, 0) is 0 Å². The zero-order chi connectivity index (χ0) is 14.3. The van der Waals surface area contributed by atoms with Crippen molar-refractivity contribution in [3.63, 3.8) is 0 Å². The maximum absolute atomic E-state index is 5.57. The first-order valence-electron chi connectivity index (χ1n) is 6.57. The summed E-state index contributed by atoms with van der Waals surface area (Å²) in [4.78, 5) is 17.0. The van der Waals surface area contributed by atoms with E-state index in [4.69, 9.17) is 4.74 Å². The molecular weight excluding hydrogens is 244 g/mol. The van der Waals surface area contributed by atoms with Crippen molar-refractivity contribution in [1.82, 2.24) is 19.9 Å². The molecular formula is C12H24N6O. The van der Waals surface area contributed by atoms with Crippen molar-refractivity contribution >= 4 is 11.9 Å². The number of hydrogen-bond donors (Lipinski definition) is 1. The minimum atomic E-state index is 0.364.